The smallest absolute Gasteiger partial charge is 0.251 e. The van der Waals surface area contributed by atoms with Gasteiger partial charge in [0, 0.05) is 36.6 Å². The minimum Gasteiger partial charge on any atom is -0.348 e. The SMILES string of the molecule is Cn1cc(CNC(=O)c2ccc(NN)cc2)cn1. The van der Waals surface area contributed by atoms with Crippen molar-refractivity contribution in [1.29, 1.82) is 0 Å². The van der Waals surface area contributed by atoms with E-state index in [1.807, 2.05) is 13.2 Å². The Hall–Kier alpha value is -2.34. The van der Waals surface area contributed by atoms with Gasteiger partial charge in [-0.05, 0) is 24.3 Å². The zero-order valence-corrected chi connectivity index (χ0v) is 10.1. The van der Waals surface area contributed by atoms with Crippen molar-refractivity contribution >= 4 is 11.6 Å². The standard InChI is InChI=1S/C12H15N5O/c1-17-8-9(7-15-17)6-14-12(18)10-2-4-11(16-13)5-3-10/h2-5,7-8,16H,6,13H2,1H3,(H,14,18). The van der Waals surface area contributed by atoms with Crippen LogP contribution in [-0.2, 0) is 13.6 Å². The van der Waals surface area contributed by atoms with Crippen LogP contribution in [0.4, 0.5) is 5.69 Å². The summed E-state index contributed by atoms with van der Waals surface area (Å²) >= 11 is 0. The molecule has 0 aliphatic heterocycles. The summed E-state index contributed by atoms with van der Waals surface area (Å²) in [5, 5.41) is 6.86. The number of rotatable bonds is 4. The van der Waals surface area contributed by atoms with Crippen molar-refractivity contribution in [3.05, 3.63) is 47.8 Å². The van der Waals surface area contributed by atoms with E-state index in [-0.39, 0.29) is 5.91 Å². The van der Waals surface area contributed by atoms with Crippen LogP contribution in [0, 0.1) is 0 Å². The zero-order valence-electron chi connectivity index (χ0n) is 10.1. The molecule has 1 aromatic heterocycles. The Kier molecular flexibility index (Phi) is 3.59. The first-order valence-corrected chi connectivity index (χ1v) is 5.51. The van der Waals surface area contributed by atoms with Gasteiger partial charge in [0.05, 0.1) is 6.20 Å². The normalized spacial score (nSPS) is 10.1. The number of hydrogen-bond donors (Lipinski definition) is 3. The number of anilines is 1. The lowest BCUT2D eigenvalue weighted by Gasteiger charge is -2.04. The summed E-state index contributed by atoms with van der Waals surface area (Å²) in [6.45, 7) is 0.462. The summed E-state index contributed by atoms with van der Waals surface area (Å²) in [6.07, 6.45) is 3.59. The number of nitrogens with zero attached hydrogens (tertiary/aromatic N) is 2. The molecule has 4 N–H and O–H groups in total. The largest absolute Gasteiger partial charge is 0.348 e. The summed E-state index contributed by atoms with van der Waals surface area (Å²) in [4.78, 5) is 11.8. The summed E-state index contributed by atoms with van der Waals surface area (Å²) < 4.78 is 1.70. The van der Waals surface area contributed by atoms with E-state index in [9.17, 15) is 4.79 Å². The van der Waals surface area contributed by atoms with Crippen LogP contribution in [0.2, 0.25) is 0 Å². The second-order valence-electron chi connectivity index (χ2n) is 3.93. The maximum absolute atomic E-state index is 11.8. The number of hydrogen-bond acceptors (Lipinski definition) is 4. The molecule has 0 bridgehead atoms. The Morgan fingerprint density at radius 1 is 1.39 bits per heavy atom. The van der Waals surface area contributed by atoms with Crippen molar-refractivity contribution in [2.75, 3.05) is 5.43 Å². The number of carbonyl (C=O) groups excluding carboxylic acids is 1. The van der Waals surface area contributed by atoms with Gasteiger partial charge in [0.15, 0.2) is 0 Å². The first-order valence-electron chi connectivity index (χ1n) is 5.51. The van der Waals surface area contributed by atoms with Crippen molar-refractivity contribution in [3.8, 4) is 0 Å². The number of nitrogens with two attached hydrogens (primary N) is 1. The summed E-state index contributed by atoms with van der Waals surface area (Å²) in [7, 11) is 1.84. The molecular weight excluding hydrogens is 230 g/mol. The third-order valence-corrected chi connectivity index (χ3v) is 2.53. The highest BCUT2D eigenvalue weighted by molar-refractivity contribution is 5.94. The minimum atomic E-state index is -0.123. The van der Waals surface area contributed by atoms with E-state index in [1.165, 1.54) is 0 Å². The fourth-order valence-electron chi connectivity index (χ4n) is 1.57. The maximum Gasteiger partial charge on any atom is 0.251 e. The van der Waals surface area contributed by atoms with Crippen molar-refractivity contribution in [2.24, 2.45) is 12.9 Å². The van der Waals surface area contributed by atoms with E-state index in [1.54, 1.807) is 35.1 Å². The van der Waals surface area contributed by atoms with E-state index in [2.05, 4.69) is 15.8 Å². The van der Waals surface area contributed by atoms with Gasteiger partial charge in [0.2, 0.25) is 0 Å². The number of nitrogen functional groups attached to an aromatic ring is 1. The number of carbonyl (C=O) groups is 1. The molecule has 94 valence electrons. The Bertz CT molecular complexity index is 532. The monoisotopic (exact) mass is 245 g/mol. The molecule has 0 saturated heterocycles. The molecule has 0 spiro atoms. The van der Waals surface area contributed by atoms with Crippen LogP contribution in [0.5, 0.6) is 0 Å². The molecule has 0 fully saturated rings. The van der Waals surface area contributed by atoms with Crippen molar-refractivity contribution < 1.29 is 4.79 Å². The van der Waals surface area contributed by atoms with Crippen molar-refractivity contribution in [3.63, 3.8) is 0 Å². The molecule has 6 nitrogen and oxygen atoms in total. The quantitative estimate of drug-likeness (QED) is 0.545. The topological polar surface area (TPSA) is 85.0 Å². The molecule has 1 aromatic carbocycles. The first kappa shape index (κ1) is 12.1. The predicted molar refractivity (Wildman–Crippen MR) is 68.6 cm³/mol. The molecule has 18 heavy (non-hydrogen) atoms. The molecule has 0 radical (unpaired) electrons. The average Bonchev–Trinajstić information content (AvgIpc) is 2.82. The Labute approximate surface area is 105 Å². The van der Waals surface area contributed by atoms with Gasteiger partial charge in [-0.2, -0.15) is 5.10 Å². The van der Waals surface area contributed by atoms with E-state index in [0.717, 1.165) is 11.3 Å². The van der Waals surface area contributed by atoms with Gasteiger partial charge < -0.3 is 10.7 Å². The van der Waals surface area contributed by atoms with Crippen LogP contribution in [0.1, 0.15) is 15.9 Å². The van der Waals surface area contributed by atoms with Gasteiger partial charge in [-0.25, -0.2) is 0 Å². The van der Waals surface area contributed by atoms with Crippen LogP contribution in [0.3, 0.4) is 0 Å². The van der Waals surface area contributed by atoms with Gasteiger partial charge in [-0.15, -0.1) is 0 Å². The minimum absolute atomic E-state index is 0.123. The second-order valence-corrected chi connectivity index (χ2v) is 3.93. The van der Waals surface area contributed by atoms with Gasteiger partial charge in [0.1, 0.15) is 0 Å². The Balaban J connectivity index is 1.94. The third kappa shape index (κ3) is 2.86. The predicted octanol–water partition coefficient (Wildman–Crippen LogP) is 0.636. The van der Waals surface area contributed by atoms with Gasteiger partial charge in [-0.1, -0.05) is 0 Å². The Morgan fingerprint density at radius 3 is 2.67 bits per heavy atom. The van der Waals surface area contributed by atoms with Gasteiger partial charge >= 0.3 is 0 Å². The lowest BCUT2D eigenvalue weighted by Crippen LogP contribution is -2.22. The summed E-state index contributed by atoms with van der Waals surface area (Å²) in [6, 6.07) is 6.93. The molecule has 0 unspecified atom stereocenters. The molecule has 2 rings (SSSR count). The van der Waals surface area contributed by atoms with Crippen LogP contribution < -0.4 is 16.6 Å². The number of nitrogens with one attached hydrogen (secondary N) is 2. The lowest BCUT2D eigenvalue weighted by molar-refractivity contribution is 0.0951. The highest BCUT2D eigenvalue weighted by atomic mass is 16.1. The Morgan fingerprint density at radius 2 is 2.11 bits per heavy atom. The lowest BCUT2D eigenvalue weighted by atomic mass is 10.2. The second kappa shape index (κ2) is 5.33. The van der Waals surface area contributed by atoms with Crippen LogP contribution >= 0.6 is 0 Å². The third-order valence-electron chi connectivity index (χ3n) is 2.53. The summed E-state index contributed by atoms with van der Waals surface area (Å²) in [5.41, 5.74) is 4.83. The number of benzene rings is 1. The van der Waals surface area contributed by atoms with Crippen LogP contribution in [0.25, 0.3) is 0 Å². The molecule has 0 aliphatic carbocycles. The highest BCUT2D eigenvalue weighted by Crippen LogP contribution is 2.08. The molecule has 2 aromatic rings. The van der Waals surface area contributed by atoms with Crippen molar-refractivity contribution in [2.45, 2.75) is 6.54 Å². The van der Waals surface area contributed by atoms with E-state index < -0.39 is 0 Å². The fourth-order valence-corrected chi connectivity index (χ4v) is 1.57. The summed E-state index contributed by atoms with van der Waals surface area (Å²) in [5.74, 6) is 5.13. The molecule has 0 saturated carbocycles. The molecule has 1 heterocycles. The van der Waals surface area contributed by atoms with Gasteiger partial charge in [-0.3, -0.25) is 15.3 Å². The molecule has 0 atom stereocenters. The highest BCUT2D eigenvalue weighted by Gasteiger charge is 2.05. The molecule has 0 aliphatic rings. The molecular formula is C12H15N5O. The molecule has 1 amide bonds. The fraction of sp³-hybridized carbons (Fsp3) is 0.167. The number of amides is 1. The number of aryl methyl sites for hydroxylation is 1. The van der Waals surface area contributed by atoms with Gasteiger partial charge in [0.25, 0.3) is 5.91 Å². The van der Waals surface area contributed by atoms with Crippen molar-refractivity contribution in [1.82, 2.24) is 15.1 Å². The van der Waals surface area contributed by atoms with Crippen LogP contribution in [0.15, 0.2) is 36.7 Å². The van der Waals surface area contributed by atoms with E-state index >= 15 is 0 Å². The first-order chi connectivity index (χ1) is 8.69. The van der Waals surface area contributed by atoms with E-state index in [4.69, 9.17) is 5.84 Å². The maximum atomic E-state index is 11.8. The molecule has 6 heteroatoms. The zero-order chi connectivity index (χ0) is 13.0. The average molecular weight is 245 g/mol. The number of hydrazine groups is 1. The number of aromatic nitrogens is 2. The van der Waals surface area contributed by atoms with Crippen LogP contribution in [-0.4, -0.2) is 15.7 Å². The van der Waals surface area contributed by atoms with E-state index in [0.29, 0.717) is 12.1 Å².